The molecular weight excluding hydrogens is 318 g/mol. The first-order valence-electron chi connectivity index (χ1n) is 7.81. The van der Waals surface area contributed by atoms with Crippen LogP contribution in [0.5, 0.6) is 5.75 Å². The van der Waals surface area contributed by atoms with Crippen LogP contribution in [-0.4, -0.2) is 16.9 Å². The molecule has 0 spiro atoms. The molecule has 0 unspecified atom stereocenters. The number of aromatic hydroxyl groups is 1. The summed E-state index contributed by atoms with van der Waals surface area (Å²) in [6.45, 7) is 1.56. The van der Waals surface area contributed by atoms with Crippen LogP contribution in [0.25, 0.3) is 10.8 Å². The number of pyridine rings is 1. The largest absolute Gasteiger partial charge is 0.505 e. The molecular formula is C19H18N3O3+. The van der Waals surface area contributed by atoms with Gasteiger partial charge in [0.15, 0.2) is 12.4 Å². The minimum Gasteiger partial charge on any atom is -0.505 e. The van der Waals surface area contributed by atoms with Gasteiger partial charge in [-0.1, -0.05) is 18.2 Å². The molecule has 126 valence electrons. The highest BCUT2D eigenvalue weighted by Gasteiger charge is 2.13. The maximum absolute atomic E-state index is 12.3. The quantitative estimate of drug-likeness (QED) is 0.505. The third kappa shape index (κ3) is 3.74. The molecule has 1 aromatic heterocycles. The second-order valence-electron chi connectivity index (χ2n) is 5.64. The summed E-state index contributed by atoms with van der Waals surface area (Å²) in [6, 6.07) is 14.2. The molecule has 2 aromatic carbocycles. The van der Waals surface area contributed by atoms with E-state index in [1.807, 2.05) is 30.6 Å². The molecule has 0 saturated heterocycles. The average Bonchev–Trinajstić information content (AvgIpc) is 2.58. The van der Waals surface area contributed by atoms with Crippen molar-refractivity contribution in [3.05, 3.63) is 60.9 Å². The zero-order valence-corrected chi connectivity index (χ0v) is 13.7. The summed E-state index contributed by atoms with van der Waals surface area (Å²) in [5.74, 6) is -0.464. The van der Waals surface area contributed by atoms with Gasteiger partial charge < -0.3 is 15.7 Å². The SMILES string of the molecule is CC(=O)Nc1ccc2c(NC(=O)C[n+]3ccccc3)cccc2c1O. The van der Waals surface area contributed by atoms with E-state index < -0.39 is 0 Å². The number of nitrogens with zero attached hydrogens (tertiary/aromatic N) is 1. The molecule has 0 saturated carbocycles. The molecule has 1 heterocycles. The molecule has 3 aromatic rings. The van der Waals surface area contributed by atoms with Gasteiger partial charge in [0.25, 0.3) is 5.91 Å². The normalized spacial score (nSPS) is 10.4. The highest BCUT2D eigenvalue weighted by molar-refractivity contribution is 6.06. The Bertz CT molecular complexity index is 939. The number of rotatable bonds is 4. The fourth-order valence-electron chi connectivity index (χ4n) is 2.64. The van der Waals surface area contributed by atoms with E-state index in [2.05, 4.69) is 10.6 Å². The smallest absolute Gasteiger partial charge is 0.290 e. The van der Waals surface area contributed by atoms with Gasteiger partial charge >= 0.3 is 0 Å². The summed E-state index contributed by atoms with van der Waals surface area (Å²) in [4.78, 5) is 23.5. The van der Waals surface area contributed by atoms with Gasteiger partial charge in [-0.15, -0.1) is 0 Å². The summed E-state index contributed by atoms with van der Waals surface area (Å²) in [7, 11) is 0. The molecule has 0 aliphatic rings. The lowest BCUT2D eigenvalue weighted by Gasteiger charge is -2.12. The third-order valence-corrected chi connectivity index (χ3v) is 3.72. The van der Waals surface area contributed by atoms with E-state index in [-0.39, 0.29) is 24.1 Å². The molecule has 6 nitrogen and oxygen atoms in total. The summed E-state index contributed by atoms with van der Waals surface area (Å²) in [6.07, 6.45) is 3.63. The van der Waals surface area contributed by atoms with Gasteiger partial charge in [-0.2, -0.15) is 4.57 Å². The van der Waals surface area contributed by atoms with Crippen molar-refractivity contribution in [1.82, 2.24) is 0 Å². The van der Waals surface area contributed by atoms with Crippen molar-refractivity contribution in [2.45, 2.75) is 13.5 Å². The number of phenols is 1. The van der Waals surface area contributed by atoms with Crippen LogP contribution in [0.4, 0.5) is 11.4 Å². The molecule has 0 atom stereocenters. The number of anilines is 2. The lowest BCUT2D eigenvalue weighted by Crippen LogP contribution is -2.39. The van der Waals surface area contributed by atoms with Crippen molar-refractivity contribution in [3.8, 4) is 5.75 Å². The summed E-state index contributed by atoms with van der Waals surface area (Å²) in [5.41, 5.74) is 0.937. The molecule has 0 aliphatic carbocycles. The first kappa shape index (κ1) is 16.4. The topological polar surface area (TPSA) is 82.3 Å². The number of hydrogen-bond acceptors (Lipinski definition) is 3. The van der Waals surface area contributed by atoms with Gasteiger partial charge in [0.05, 0.1) is 5.69 Å². The van der Waals surface area contributed by atoms with E-state index in [1.165, 1.54) is 6.92 Å². The molecule has 25 heavy (non-hydrogen) atoms. The molecule has 2 amide bonds. The summed E-state index contributed by atoms with van der Waals surface area (Å²) >= 11 is 0. The number of carbonyl (C=O) groups is 2. The van der Waals surface area contributed by atoms with E-state index in [9.17, 15) is 14.7 Å². The summed E-state index contributed by atoms with van der Waals surface area (Å²) in [5, 5.41) is 17.0. The van der Waals surface area contributed by atoms with Crippen molar-refractivity contribution >= 4 is 34.0 Å². The zero-order valence-electron chi connectivity index (χ0n) is 13.7. The Morgan fingerprint density at radius 3 is 2.40 bits per heavy atom. The van der Waals surface area contributed by atoms with Crippen LogP contribution < -0.4 is 15.2 Å². The van der Waals surface area contributed by atoms with Gasteiger partial charge in [0, 0.05) is 35.5 Å². The minimum atomic E-state index is -0.265. The van der Waals surface area contributed by atoms with Crippen molar-refractivity contribution in [2.75, 3.05) is 10.6 Å². The maximum Gasteiger partial charge on any atom is 0.290 e. The molecule has 0 fully saturated rings. The first-order valence-corrected chi connectivity index (χ1v) is 7.81. The summed E-state index contributed by atoms with van der Waals surface area (Å²) < 4.78 is 1.77. The lowest BCUT2D eigenvalue weighted by atomic mass is 10.1. The number of benzene rings is 2. The maximum atomic E-state index is 12.3. The van der Waals surface area contributed by atoms with Crippen molar-refractivity contribution in [1.29, 1.82) is 0 Å². The highest BCUT2D eigenvalue weighted by Crippen LogP contribution is 2.35. The molecule has 3 rings (SSSR count). The number of nitrogens with one attached hydrogen (secondary N) is 2. The number of phenolic OH excluding ortho intramolecular Hbond substituents is 1. The van der Waals surface area contributed by atoms with Crippen LogP contribution in [0, 0.1) is 0 Å². The Hall–Kier alpha value is -3.41. The van der Waals surface area contributed by atoms with Gasteiger partial charge in [0.2, 0.25) is 12.5 Å². The Labute approximate surface area is 144 Å². The van der Waals surface area contributed by atoms with E-state index >= 15 is 0 Å². The Morgan fingerprint density at radius 1 is 0.920 bits per heavy atom. The van der Waals surface area contributed by atoms with Crippen LogP contribution in [0.2, 0.25) is 0 Å². The fraction of sp³-hybridized carbons (Fsp3) is 0.105. The first-order chi connectivity index (χ1) is 12.0. The van der Waals surface area contributed by atoms with Crippen molar-refractivity contribution < 1.29 is 19.3 Å². The van der Waals surface area contributed by atoms with Crippen molar-refractivity contribution in [2.24, 2.45) is 0 Å². The Morgan fingerprint density at radius 2 is 1.68 bits per heavy atom. The van der Waals surface area contributed by atoms with Crippen LogP contribution in [0.15, 0.2) is 60.9 Å². The lowest BCUT2D eigenvalue weighted by molar-refractivity contribution is -0.684. The number of hydrogen-bond donors (Lipinski definition) is 3. The molecule has 0 aliphatic heterocycles. The van der Waals surface area contributed by atoms with Crippen LogP contribution >= 0.6 is 0 Å². The van der Waals surface area contributed by atoms with Gasteiger partial charge in [0.1, 0.15) is 5.75 Å². The zero-order chi connectivity index (χ0) is 17.8. The van der Waals surface area contributed by atoms with Crippen LogP contribution in [0.3, 0.4) is 0 Å². The molecule has 0 bridgehead atoms. The van der Waals surface area contributed by atoms with Gasteiger partial charge in [-0.25, -0.2) is 0 Å². The molecule has 0 radical (unpaired) electrons. The number of fused-ring (bicyclic) bond motifs is 1. The van der Waals surface area contributed by atoms with Gasteiger partial charge in [-0.3, -0.25) is 9.59 Å². The minimum absolute atomic E-state index is 0.0266. The number of carbonyl (C=O) groups excluding carboxylic acids is 2. The van der Waals surface area contributed by atoms with E-state index in [0.29, 0.717) is 22.1 Å². The van der Waals surface area contributed by atoms with Crippen LogP contribution in [-0.2, 0) is 16.1 Å². The molecule has 3 N–H and O–H groups in total. The standard InChI is InChI=1S/C19H17N3O3/c1-13(23)20-17-9-8-14-15(19(17)25)6-5-7-16(14)21-18(24)12-22-10-3-2-4-11-22/h2-11H,12H2,1H3,(H2-,20,21,23,24,25)/p+1. The van der Waals surface area contributed by atoms with Gasteiger partial charge in [-0.05, 0) is 18.2 Å². The Kier molecular flexibility index (Phi) is 4.61. The number of amides is 2. The number of aromatic nitrogens is 1. The predicted octanol–water partition coefficient (Wildman–Crippen LogP) is 2.43. The van der Waals surface area contributed by atoms with E-state index in [0.717, 1.165) is 0 Å². The van der Waals surface area contributed by atoms with Crippen LogP contribution in [0.1, 0.15) is 6.92 Å². The fourth-order valence-corrected chi connectivity index (χ4v) is 2.64. The third-order valence-electron chi connectivity index (χ3n) is 3.72. The van der Waals surface area contributed by atoms with E-state index in [4.69, 9.17) is 0 Å². The van der Waals surface area contributed by atoms with Crippen molar-refractivity contribution in [3.63, 3.8) is 0 Å². The molecule has 6 heteroatoms. The monoisotopic (exact) mass is 336 g/mol. The highest BCUT2D eigenvalue weighted by atomic mass is 16.3. The Balaban J connectivity index is 1.88. The second-order valence-corrected chi connectivity index (χ2v) is 5.64. The average molecular weight is 336 g/mol. The van der Waals surface area contributed by atoms with E-state index in [1.54, 1.807) is 34.9 Å². The second kappa shape index (κ2) is 7.00. The predicted molar refractivity (Wildman–Crippen MR) is 95.2 cm³/mol.